The van der Waals surface area contributed by atoms with Gasteiger partial charge in [-0.3, -0.25) is 4.79 Å². The van der Waals surface area contributed by atoms with Gasteiger partial charge in [0.15, 0.2) is 5.76 Å². The molecular formula is C21H18ClNO3. The molecule has 1 saturated heterocycles. The highest BCUT2D eigenvalue weighted by atomic mass is 35.5. The van der Waals surface area contributed by atoms with Gasteiger partial charge in [0.2, 0.25) is 0 Å². The van der Waals surface area contributed by atoms with Crippen LogP contribution in [0.2, 0.25) is 5.02 Å². The summed E-state index contributed by atoms with van der Waals surface area (Å²) in [7, 11) is 0. The molecule has 132 valence electrons. The standard InChI is InChI=1S/C21H18ClNO3/c22-17-9-5-4-8-16(17)18-10-11-19(26-18)21(24)23-12-13-25-20(14-23)15-6-2-1-3-7-15/h1-11,20H,12-14H2. The van der Waals surface area contributed by atoms with Gasteiger partial charge in [-0.15, -0.1) is 0 Å². The van der Waals surface area contributed by atoms with Gasteiger partial charge in [0, 0.05) is 12.1 Å². The monoisotopic (exact) mass is 367 g/mol. The zero-order valence-electron chi connectivity index (χ0n) is 14.1. The number of rotatable bonds is 3. The minimum absolute atomic E-state index is 0.119. The number of halogens is 1. The van der Waals surface area contributed by atoms with E-state index in [1.165, 1.54) is 0 Å². The smallest absolute Gasteiger partial charge is 0.289 e. The molecule has 0 radical (unpaired) electrons. The van der Waals surface area contributed by atoms with Crippen molar-refractivity contribution in [2.75, 3.05) is 19.7 Å². The minimum Gasteiger partial charge on any atom is -0.451 e. The highest BCUT2D eigenvalue weighted by Crippen LogP contribution is 2.30. The maximum absolute atomic E-state index is 12.8. The van der Waals surface area contributed by atoms with Gasteiger partial charge in [0.05, 0.1) is 18.2 Å². The van der Waals surface area contributed by atoms with E-state index in [1.807, 2.05) is 48.5 Å². The van der Waals surface area contributed by atoms with Gasteiger partial charge in [-0.05, 0) is 29.8 Å². The molecule has 1 unspecified atom stereocenters. The van der Waals surface area contributed by atoms with E-state index in [0.717, 1.165) is 11.1 Å². The first kappa shape index (κ1) is 16.9. The molecule has 1 amide bonds. The van der Waals surface area contributed by atoms with E-state index in [-0.39, 0.29) is 12.0 Å². The van der Waals surface area contributed by atoms with E-state index in [2.05, 4.69) is 0 Å². The second kappa shape index (κ2) is 7.36. The van der Waals surface area contributed by atoms with E-state index in [0.29, 0.717) is 36.2 Å². The maximum atomic E-state index is 12.8. The van der Waals surface area contributed by atoms with Crippen molar-refractivity contribution in [3.63, 3.8) is 0 Å². The quantitative estimate of drug-likeness (QED) is 0.667. The average molecular weight is 368 g/mol. The third kappa shape index (κ3) is 3.39. The van der Waals surface area contributed by atoms with Crippen LogP contribution in [-0.2, 0) is 4.74 Å². The molecule has 1 aliphatic rings. The summed E-state index contributed by atoms with van der Waals surface area (Å²) in [4.78, 5) is 14.6. The van der Waals surface area contributed by atoms with Crippen LogP contribution in [0, 0.1) is 0 Å². The molecule has 4 rings (SSSR count). The van der Waals surface area contributed by atoms with Crippen LogP contribution in [0.1, 0.15) is 22.2 Å². The van der Waals surface area contributed by atoms with E-state index in [4.69, 9.17) is 20.8 Å². The summed E-state index contributed by atoms with van der Waals surface area (Å²) < 4.78 is 11.6. The van der Waals surface area contributed by atoms with Gasteiger partial charge >= 0.3 is 0 Å². The lowest BCUT2D eigenvalue weighted by Gasteiger charge is -2.32. The zero-order chi connectivity index (χ0) is 17.9. The number of carbonyl (C=O) groups is 1. The fourth-order valence-electron chi connectivity index (χ4n) is 3.12. The highest BCUT2D eigenvalue weighted by molar-refractivity contribution is 6.33. The van der Waals surface area contributed by atoms with Crippen molar-refractivity contribution in [3.05, 3.63) is 83.1 Å². The number of nitrogens with zero attached hydrogens (tertiary/aromatic N) is 1. The van der Waals surface area contributed by atoms with Gasteiger partial charge < -0.3 is 14.1 Å². The lowest BCUT2D eigenvalue weighted by atomic mass is 10.1. The lowest BCUT2D eigenvalue weighted by molar-refractivity contribution is -0.0237. The molecule has 26 heavy (non-hydrogen) atoms. The lowest BCUT2D eigenvalue weighted by Crippen LogP contribution is -2.42. The molecule has 0 N–H and O–H groups in total. The Morgan fingerprint density at radius 3 is 2.58 bits per heavy atom. The summed E-state index contributed by atoms with van der Waals surface area (Å²) in [5.74, 6) is 0.771. The SMILES string of the molecule is O=C(c1ccc(-c2ccccc2Cl)o1)N1CCOC(c2ccccc2)C1. The van der Waals surface area contributed by atoms with Crippen molar-refractivity contribution in [2.45, 2.75) is 6.10 Å². The van der Waals surface area contributed by atoms with Gasteiger partial charge in [0.1, 0.15) is 11.9 Å². The largest absolute Gasteiger partial charge is 0.451 e. The molecular weight excluding hydrogens is 350 g/mol. The number of benzene rings is 2. The number of carbonyl (C=O) groups excluding carboxylic acids is 1. The second-order valence-electron chi connectivity index (χ2n) is 6.17. The van der Waals surface area contributed by atoms with Gasteiger partial charge in [-0.1, -0.05) is 54.1 Å². The Morgan fingerprint density at radius 1 is 1.00 bits per heavy atom. The number of hydrogen-bond acceptors (Lipinski definition) is 3. The number of ether oxygens (including phenoxy) is 1. The van der Waals surface area contributed by atoms with Gasteiger partial charge in [-0.25, -0.2) is 0 Å². The van der Waals surface area contributed by atoms with Crippen LogP contribution in [0.5, 0.6) is 0 Å². The summed E-state index contributed by atoms with van der Waals surface area (Å²) >= 11 is 6.21. The van der Waals surface area contributed by atoms with E-state index in [9.17, 15) is 4.79 Å². The van der Waals surface area contributed by atoms with Crippen LogP contribution >= 0.6 is 11.6 Å². The Kier molecular flexibility index (Phi) is 4.78. The third-order valence-electron chi connectivity index (χ3n) is 4.48. The van der Waals surface area contributed by atoms with Crippen molar-refractivity contribution < 1.29 is 13.9 Å². The predicted molar refractivity (Wildman–Crippen MR) is 100 cm³/mol. The molecule has 1 fully saturated rings. The second-order valence-corrected chi connectivity index (χ2v) is 6.57. The van der Waals surface area contributed by atoms with Crippen LogP contribution < -0.4 is 0 Å². The van der Waals surface area contributed by atoms with Crippen molar-refractivity contribution >= 4 is 17.5 Å². The first-order chi connectivity index (χ1) is 12.7. The number of amides is 1. The molecule has 2 heterocycles. The van der Waals surface area contributed by atoms with E-state index in [1.54, 1.807) is 23.1 Å². The van der Waals surface area contributed by atoms with Gasteiger partial charge in [0.25, 0.3) is 5.91 Å². The number of furan rings is 1. The molecule has 0 saturated carbocycles. The normalized spacial score (nSPS) is 17.3. The average Bonchev–Trinajstić information content (AvgIpc) is 3.18. The zero-order valence-corrected chi connectivity index (χ0v) is 14.9. The Labute approximate surface area is 156 Å². The Hall–Kier alpha value is -2.56. The number of hydrogen-bond donors (Lipinski definition) is 0. The molecule has 3 aromatic rings. The first-order valence-corrected chi connectivity index (χ1v) is 8.91. The molecule has 0 spiro atoms. The highest BCUT2D eigenvalue weighted by Gasteiger charge is 2.27. The Bertz CT molecular complexity index is 906. The molecule has 5 heteroatoms. The van der Waals surface area contributed by atoms with Crippen molar-refractivity contribution in [1.82, 2.24) is 4.90 Å². The van der Waals surface area contributed by atoms with Crippen molar-refractivity contribution in [3.8, 4) is 11.3 Å². The molecule has 4 nitrogen and oxygen atoms in total. The number of morpholine rings is 1. The fraction of sp³-hybridized carbons (Fsp3) is 0.190. The summed E-state index contributed by atoms with van der Waals surface area (Å²) in [6.45, 7) is 1.55. The van der Waals surface area contributed by atoms with Crippen LogP contribution in [-0.4, -0.2) is 30.5 Å². The third-order valence-corrected chi connectivity index (χ3v) is 4.81. The molecule has 2 aromatic carbocycles. The van der Waals surface area contributed by atoms with Crippen LogP contribution in [0.4, 0.5) is 0 Å². The molecule has 1 aromatic heterocycles. The van der Waals surface area contributed by atoms with Crippen molar-refractivity contribution in [1.29, 1.82) is 0 Å². The van der Waals surface area contributed by atoms with Crippen LogP contribution in [0.3, 0.4) is 0 Å². The minimum atomic E-state index is -0.132. The summed E-state index contributed by atoms with van der Waals surface area (Å²) in [6, 6.07) is 20.8. The molecule has 0 aliphatic carbocycles. The Morgan fingerprint density at radius 2 is 1.77 bits per heavy atom. The van der Waals surface area contributed by atoms with E-state index >= 15 is 0 Å². The van der Waals surface area contributed by atoms with Crippen LogP contribution in [0.15, 0.2) is 71.1 Å². The molecule has 1 aliphatic heterocycles. The Balaban J connectivity index is 1.52. The first-order valence-electron chi connectivity index (χ1n) is 8.53. The fourth-order valence-corrected chi connectivity index (χ4v) is 3.35. The summed E-state index contributed by atoms with van der Waals surface area (Å²) in [5.41, 5.74) is 1.85. The predicted octanol–water partition coefficient (Wildman–Crippen LogP) is 4.81. The van der Waals surface area contributed by atoms with Crippen molar-refractivity contribution in [2.24, 2.45) is 0 Å². The van der Waals surface area contributed by atoms with Gasteiger partial charge in [-0.2, -0.15) is 0 Å². The van der Waals surface area contributed by atoms with Crippen LogP contribution in [0.25, 0.3) is 11.3 Å². The molecule has 0 bridgehead atoms. The maximum Gasteiger partial charge on any atom is 0.289 e. The topological polar surface area (TPSA) is 42.7 Å². The summed E-state index contributed by atoms with van der Waals surface area (Å²) in [5, 5.41) is 0.594. The summed E-state index contributed by atoms with van der Waals surface area (Å²) in [6.07, 6.45) is -0.119. The van der Waals surface area contributed by atoms with E-state index < -0.39 is 0 Å². The molecule has 1 atom stereocenters.